The number of nitro groups is 1. The van der Waals surface area contributed by atoms with Crippen LogP contribution < -0.4 is 5.32 Å². The summed E-state index contributed by atoms with van der Waals surface area (Å²) < 4.78 is 15.9. The van der Waals surface area contributed by atoms with Crippen LogP contribution in [-0.2, 0) is 23.8 Å². The molecule has 30 heavy (non-hydrogen) atoms. The van der Waals surface area contributed by atoms with E-state index in [1.54, 1.807) is 19.9 Å². The van der Waals surface area contributed by atoms with E-state index in [2.05, 4.69) is 5.32 Å². The smallest absolute Gasteiger partial charge is 0.336 e. The van der Waals surface area contributed by atoms with Crippen molar-refractivity contribution in [2.75, 3.05) is 20.3 Å². The highest BCUT2D eigenvalue weighted by Gasteiger charge is 2.40. The van der Waals surface area contributed by atoms with Gasteiger partial charge in [0.15, 0.2) is 0 Å². The molecular weight excluding hydrogens is 392 g/mol. The number of carbonyl (C=O) groups excluding carboxylic acids is 2. The molecule has 160 valence electrons. The Balaban J connectivity index is 2.06. The van der Waals surface area contributed by atoms with E-state index in [-0.39, 0.29) is 35.1 Å². The second-order valence-corrected chi connectivity index (χ2v) is 7.18. The molecule has 2 aliphatic rings. The van der Waals surface area contributed by atoms with Crippen LogP contribution in [0.25, 0.3) is 0 Å². The van der Waals surface area contributed by atoms with Gasteiger partial charge in [-0.1, -0.05) is 18.2 Å². The Morgan fingerprint density at radius 2 is 1.87 bits per heavy atom. The van der Waals surface area contributed by atoms with Gasteiger partial charge in [-0.2, -0.15) is 0 Å². The SMILES string of the molecule is COC(=O)C1=C(C)NC(C)=C(C(=O)OC[C@@H]2CCCO2)[C@@H]1c1ccccc1[N+](=O)[O-]. The van der Waals surface area contributed by atoms with Crippen LogP contribution in [0.4, 0.5) is 5.69 Å². The number of nitrogens with zero attached hydrogens (tertiary/aromatic N) is 1. The number of benzene rings is 1. The van der Waals surface area contributed by atoms with Gasteiger partial charge >= 0.3 is 11.9 Å². The van der Waals surface area contributed by atoms with E-state index in [4.69, 9.17) is 14.2 Å². The number of ether oxygens (including phenoxy) is 3. The zero-order chi connectivity index (χ0) is 21.8. The van der Waals surface area contributed by atoms with Crippen LogP contribution in [0.1, 0.15) is 38.2 Å². The molecule has 1 aromatic carbocycles. The number of allylic oxidation sites excluding steroid dienone is 2. The molecule has 0 bridgehead atoms. The van der Waals surface area contributed by atoms with Crippen molar-refractivity contribution in [3.8, 4) is 0 Å². The Labute approximate surface area is 173 Å². The number of esters is 2. The van der Waals surface area contributed by atoms with Crippen molar-refractivity contribution < 1.29 is 28.7 Å². The van der Waals surface area contributed by atoms with Crippen molar-refractivity contribution in [3.63, 3.8) is 0 Å². The monoisotopic (exact) mass is 416 g/mol. The number of hydrogen-bond donors (Lipinski definition) is 1. The number of hydrogen-bond acceptors (Lipinski definition) is 8. The standard InChI is InChI=1S/C21H24N2O7/c1-12-17(20(24)28-3)19(15-8-4-5-9-16(15)23(26)27)18(13(2)22-12)21(25)30-11-14-7-6-10-29-14/h4-5,8-9,14,19,22H,6-7,10-11H2,1-3H3/t14-,19+/m0/s1. The molecule has 0 saturated carbocycles. The van der Waals surface area contributed by atoms with Crippen LogP contribution in [0.3, 0.4) is 0 Å². The van der Waals surface area contributed by atoms with Gasteiger partial charge in [0, 0.05) is 29.6 Å². The molecular formula is C21H24N2O7. The van der Waals surface area contributed by atoms with Crippen molar-refractivity contribution in [1.82, 2.24) is 5.32 Å². The number of carbonyl (C=O) groups is 2. The van der Waals surface area contributed by atoms with Crippen LogP contribution >= 0.6 is 0 Å². The minimum Gasteiger partial charge on any atom is -0.466 e. The minimum atomic E-state index is -1.00. The maximum Gasteiger partial charge on any atom is 0.336 e. The van der Waals surface area contributed by atoms with E-state index < -0.39 is 22.8 Å². The van der Waals surface area contributed by atoms with Crippen molar-refractivity contribution in [1.29, 1.82) is 0 Å². The Kier molecular flexibility index (Phi) is 6.51. The normalized spacial score (nSPS) is 21.3. The van der Waals surface area contributed by atoms with Gasteiger partial charge in [0.05, 0.1) is 35.2 Å². The molecule has 2 heterocycles. The van der Waals surface area contributed by atoms with Gasteiger partial charge in [0.1, 0.15) is 6.61 Å². The molecule has 0 amide bonds. The first-order valence-electron chi connectivity index (χ1n) is 9.64. The van der Waals surface area contributed by atoms with Gasteiger partial charge in [0.25, 0.3) is 5.69 Å². The minimum absolute atomic E-state index is 0.0788. The molecule has 1 fully saturated rings. The second kappa shape index (κ2) is 9.08. The van der Waals surface area contributed by atoms with E-state index in [9.17, 15) is 19.7 Å². The predicted octanol–water partition coefficient (Wildman–Crippen LogP) is 2.72. The molecule has 1 aromatic rings. The fourth-order valence-corrected chi connectivity index (χ4v) is 3.88. The summed E-state index contributed by atoms with van der Waals surface area (Å²) in [7, 11) is 1.22. The van der Waals surface area contributed by atoms with Crippen molar-refractivity contribution >= 4 is 17.6 Å². The van der Waals surface area contributed by atoms with Crippen molar-refractivity contribution in [3.05, 3.63) is 62.5 Å². The summed E-state index contributed by atoms with van der Waals surface area (Å²) in [6.45, 7) is 4.03. The van der Waals surface area contributed by atoms with E-state index in [0.717, 1.165) is 12.8 Å². The molecule has 0 aromatic heterocycles. The van der Waals surface area contributed by atoms with Crippen molar-refractivity contribution in [2.45, 2.75) is 38.7 Å². The molecule has 2 aliphatic heterocycles. The average Bonchev–Trinajstić information content (AvgIpc) is 3.24. The summed E-state index contributed by atoms with van der Waals surface area (Å²) in [5, 5.41) is 14.7. The Morgan fingerprint density at radius 1 is 1.20 bits per heavy atom. The van der Waals surface area contributed by atoms with Gasteiger partial charge in [-0.05, 0) is 26.7 Å². The third-order valence-corrected chi connectivity index (χ3v) is 5.25. The number of nitro benzene ring substituents is 1. The number of methoxy groups -OCH3 is 1. The third kappa shape index (κ3) is 4.20. The van der Waals surface area contributed by atoms with E-state index in [0.29, 0.717) is 18.0 Å². The quantitative estimate of drug-likeness (QED) is 0.427. The average molecular weight is 416 g/mol. The lowest BCUT2D eigenvalue weighted by Crippen LogP contribution is -2.33. The van der Waals surface area contributed by atoms with Crippen molar-refractivity contribution in [2.24, 2.45) is 0 Å². The van der Waals surface area contributed by atoms with E-state index >= 15 is 0 Å². The summed E-state index contributed by atoms with van der Waals surface area (Å²) in [5.41, 5.74) is 1.19. The number of dihydropyridines is 1. The lowest BCUT2D eigenvalue weighted by atomic mass is 9.79. The van der Waals surface area contributed by atoms with Gasteiger partial charge in [-0.15, -0.1) is 0 Å². The first kappa shape index (κ1) is 21.5. The van der Waals surface area contributed by atoms with E-state index in [1.165, 1.54) is 25.3 Å². The van der Waals surface area contributed by atoms with Gasteiger partial charge < -0.3 is 19.5 Å². The largest absolute Gasteiger partial charge is 0.466 e. The molecule has 9 heteroatoms. The first-order valence-corrected chi connectivity index (χ1v) is 9.64. The number of nitrogens with one attached hydrogen (secondary N) is 1. The summed E-state index contributed by atoms with van der Waals surface area (Å²) >= 11 is 0. The fraction of sp³-hybridized carbons (Fsp3) is 0.429. The molecule has 1 saturated heterocycles. The molecule has 0 unspecified atom stereocenters. The predicted molar refractivity (Wildman–Crippen MR) is 106 cm³/mol. The maximum atomic E-state index is 13.1. The lowest BCUT2D eigenvalue weighted by Gasteiger charge is -2.30. The van der Waals surface area contributed by atoms with Gasteiger partial charge in [-0.25, -0.2) is 9.59 Å². The molecule has 0 radical (unpaired) electrons. The highest BCUT2D eigenvalue weighted by molar-refractivity contribution is 6.00. The Morgan fingerprint density at radius 3 is 2.47 bits per heavy atom. The van der Waals surface area contributed by atoms with Crippen LogP contribution in [0, 0.1) is 10.1 Å². The molecule has 9 nitrogen and oxygen atoms in total. The van der Waals surface area contributed by atoms with Gasteiger partial charge in [0.2, 0.25) is 0 Å². The zero-order valence-electron chi connectivity index (χ0n) is 17.1. The summed E-state index contributed by atoms with van der Waals surface area (Å²) in [4.78, 5) is 36.8. The van der Waals surface area contributed by atoms with Crippen LogP contribution in [0.5, 0.6) is 0 Å². The molecule has 2 atom stereocenters. The van der Waals surface area contributed by atoms with E-state index in [1.807, 2.05) is 0 Å². The van der Waals surface area contributed by atoms with Crippen LogP contribution in [0.15, 0.2) is 46.8 Å². The second-order valence-electron chi connectivity index (χ2n) is 7.18. The summed E-state index contributed by atoms with van der Waals surface area (Å²) in [6.07, 6.45) is 1.52. The molecule has 0 spiro atoms. The van der Waals surface area contributed by atoms with Crippen LogP contribution in [0.2, 0.25) is 0 Å². The fourth-order valence-electron chi connectivity index (χ4n) is 3.88. The summed E-state index contributed by atoms with van der Waals surface area (Å²) in [5.74, 6) is -2.34. The third-order valence-electron chi connectivity index (χ3n) is 5.25. The summed E-state index contributed by atoms with van der Waals surface area (Å²) in [6, 6.07) is 6.03. The van der Waals surface area contributed by atoms with Crippen LogP contribution in [-0.4, -0.2) is 43.3 Å². The zero-order valence-corrected chi connectivity index (χ0v) is 17.1. The first-order chi connectivity index (χ1) is 14.3. The highest BCUT2D eigenvalue weighted by Crippen LogP contribution is 2.42. The molecule has 0 aliphatic carbocycles. The topological polar surface area (TPSA) is 117 Å². The number of para-hydroxylation sites is 1. The Hall–Kier alpha value is -3.20. The van der Waals surface area contributed by atoms with Gasteiger partial charge in [-0.3, -0.25) is 10.1 Å². The molecule has 1 N–H and O–H groups in total. The number of rotatable bonds is 6. The molecule has 3 rings (SSSR count). The maximum absolute atomic E-state index is 13.1. The highest BCUT2D eigenvalue weighted by atomic mass is 16.6. The lowest BCUT2D eigenvalue weighted by molar-refractivity contribution is -0.385. The Bertz CT molecular complexity index is 929.